The summed E-state index contributed by atoms with van der Waals surface area (Å²) >= 11 is 0. The highest BCUT2D eigenvalue weighted by molar-refractivity contribution is 5.92. The zero-order valence-corrected chi connectivity index (χ0v) is 17.8. The molecule has 0 bridgehead atoms. The lowest BCUT2D eigenvalue weighted by atomic mass is 10.1. The van der Waals surface area contributed by atoms with E-state index in [1.165, 1.54) is 13.0 Å². The normalized spacial score (nSPS) is 11.7. The molecule has 0 aliphatic heterocycles. The lowest BCUT2D eigenvalue weighted by Gasteiger charge is -2.13. The summed E-state index contributed by atoms with van der Waals surface area (Å²) in [5.41, 5.74) is 2.11. The number of carbonyl (C=O) groups is 2. The molecule has 7 nitrogen and oxygen atoms in total. The molecule has 0 fully saturated rings. The Balaban J connectivity index is 1.59. The summed E-state index contributed by atoms with van der Waals surface area (Å²) in [5, 5.41) is 3.54. The Morgan fingerprint density at radius 1 is 1.10 bits per heavy atom. The third-order valence-electron chi connectivity index (χ3n) is 4.72. The zero-order valence-electron chi connectivity index (χ0n) is 17.8. The fourth-order valence-corrected chi connectivity index (χ4v) is 2.97. The van der Waals surface area contributed by atoms with Crippen molar-refractivity contribution in [2.75, 3.05) is 6.54 Å². The first kappa shape index (κ1) is 22.1. The maximum Gasteiger partial charge on any atom is 0.338 e. The van der Waals surface area contributed by atoms with Gasteiger partial charge in [0.15, 0.2) is 6.10 Å². The second kappa shape index (κ2) is 9.93. The summed E-state index contributed by atoms with van der Waals surface area (Å²) in [6, 6.07) is 13.6. The Morgan fingerprint density at radius 2 is 1.84 bits per heavy atom. The van der Waals surface area contributed by atoms with Gasteiger partial charge < -0.3 is 19.2 Å². The van der Waals surface area contributed by atoms with E-state index < -0.39 is 17.7 Å². The van der Waals surface area contributed by atoms with Gasteiger partial charge in [-0.2, -0.15) is 0 Å². The minimum Gasteiger partial charge on any atom is -0.489 e. The van der Waals surface area contributed by atoms with E-state index in [-0.39, 0.29) is 12.5 Å². The molecule has 0 saturated heterocycles. The van der Waals surface area contributed by atoms with Gasteiger partial charge in [-0.25, -0.2) is 9.59 Å². The molecule has 0 saturated carbocycles. The van der Waals surface area contributed by atoms with Crippen molar-refractivity contribution in [1.82, 2.24) is 5.32 Å². The maximum atomic E-state index is 12.2. The summed E-state index contributed by atoms with van der Waals surface area (Å²) in [4.78, 5) is 35.6. The van der Waals surface area contributed by atoms with Gasteiger partial charge in [0.25, 0.3) is 5.91 Å². The Bertz CT molecular complexity index is 1130. The van der Waals surface area contributed by atoms with Crippen LogP contribution in [0.15, 0.2) is 57.7 Å². The number of ether oxygens (including phenoxy) is 2. The molecule has 1 aromatic heterocycles. The molecule has 0 aliphatic rings. The molecular weight excluding hydrogens is 398 g/mol. The standard InChI is InChI=1S/C24H25NO6/c1-4-11-25-23(27)16(3)30-24(28)18-7-5-17(6-8-18)14-29-19-9-10-20-15(2)12-22(26)31-21(20)13-19/h5-10,12-13,16H,4,11,14H2,1-3H3,(H,25,27)/t16-/m0/s1. The summed E-state index contributed by atoms with van der Waals surface area (Å²) in [6.07, 6.45) is -0.0536. The molecule has 3 aromatic rings. The number of hydrogen-bond donors (Lipinski definition) is 1. The minimum atomic E-state index is -0.862. The molecule has 3 rings (SSSR count). The van der Waals surface area contributed by atoms with Crippen LogP contribution in [0.5, 0.6) is 5.75 Å². The van der Waals surface area contributed by atoms with E-state index in [0.717, 1.165) is 22.9 Å². The van der Waals surface area contributed by atoms with E-state index in [2.05, 4.69) is 5.32 Å². The van der Waals surface area contributed by atoms with Crippen molar-refractivity contribution < 1.29 is 23.5 Å². The molecule has 162 valence electrons. The van der Waals surface area contributed by atoms with E-state index in [1.807, 2.05) is 26.0 Å². The number of fused-ring (bicyclic) bond motifs is 1. The third-order valence-corrected chi connectivity index (χ3v) is 4.72. The highest BCUT2D eigenvalue weighted by atomic mass is 16.5. The average molecular weight is 423 g/mol. The van der Waals surface area contributed by atoms with E-state index in [9.17, 15) is 14.4 Å². The van der Waals surface area contributed by atoms with Gasteiger partial charge in [0.2, 0.25) is 0 Å². The van der Waals surface area contributed by atoms with Crippen LogP contribution in [0.1, 0.15) is 41.8 Å². The van der Waals surface area contributed by atoms with Crippen molar-refractivity contribution in [3.05, 3.63) is 75.6 Å². The highest BCUT2D eigenvalue weighted by Crippen LogP contribution is 2.23. The number of amides is 1. The number of hydrogen-bond acceptors (Lipinski definition) is 6. The molecule has 1 atom stereocenters. The monoisotopic (exact) mass is 423 g/mol. The molecule has 7 heteroatoms. The van der Waals surface area contributed by atoms with E-state index >= 15 is 0 Å². The first-order valence-electron chi connectivity index (χ1n) is 10.1. The first-order chi connectivity index (χ1) is 14.9. The van der Waals surface area contributed by atoms with Crippen LogP contribution in [-0.4, -0.2) is 24.5 Å². The SMILES string of the molecule is CCCNC(=O)[C@H](C)OC(=O)c1ccc(COc2ccc3c(C)cc(=O)oc3c2)cc1. The summed E-state index contributed by atoms with van der Waals surface area (Å²) in [6.45, 7) is 6.15. The number of rotatable bonds is 8. The second-order valence-corrected chi connectivity index (χ2v) is 7.23. The number of carbonyl (C=O) groups excluding carboxylic acids is 2. The van der Waals surface area contributed by atoms with Crippen molar-refractivity contribution in [2.24, 2.45) is 0 Å². The Morgan fingerprint density at radius 3 is 2.55 bits per heavy atom. The summed E-state index contributed by atoms with van der Waals surface area (Å²) in [7, 11) is 0. The van der Waals surface area contributed by atoms with Gasteiger partial charge in [0.1, 0.15) is 17.9 Å². The minimum absolute atomic E-state index is 0.271. The summed E-state index contributed by atoms with van der Waals surface area (Å²) in [5.74, 6) is -0.315. The van der Waals surface area contributed by atoms with Gasteiger partial charge in [0, 0.05) is 24.1 Å². The van der Waals surface area contributed by atoms with Crippen molar-refractivity contribution in [3.63, 3.8) is 0 Å². The molecule has 1 heterocycles. The third kappa shape index (κ3) is 5.72. The van der Waals surface area contributed by atoms with Crippen LogP contribution in [-0.2, 0) is 16.1 Å². The fourth-order valence-electron chi connectivity index (χ4n) is 2.97. The van der Waals surface area contributed by atoms with Crippen molar-refractivity contribution >= 4 is 22.8 Å². The molecule has 0 radical (unpaired) electrons. The lowest BCUT2D eigenvalue weighted by Crippen LogP contribution is -2.36. The number of nitrogens with one attached hydrogen (secondary N) is 1. The smallest absolute Gasteiger partial charge is 0.338 e. The zero-order chi connectivity index (χ0) is 22.4. The maximum absolute atomic E-state index is 12.2. The first-order valence-corrected chi connectivity index (χ1v) is 10.1. The van der Waals surface area contributed by atoms with Crippen LogP contribution < -0.4 is 15.7 Å². The molecule has 1 amide bonds. The number of esters is 1. The summed E-state index contributed by atoms with van der Waals surface area (Å²) < 4.78 is 16.2. The molecular formula is C24H25NO6. The molecule has 31 heavy (non-hydrogen) atoms. The van der Waals surface area contributed by atoms with Gasteiger partial charge in [-0.15, -0.1) is 0 Å². The second-order valence-electron chi connectivity index (χ2n) is 7.23. The lowest BCUT2D eigenvalue weighted by molar-refractivity contribution is -0.129. The predicted octanol–water partition coefficient (Wildman–Crippen LogP) is 3.75. The van der Waals surface area contributed by atoms with Gasteiger partial charge in [0.05, 0.1) is 5.56 Å². The van der Waals surface area contributed by atoms with Crippen LogP contribution >= 0.6 is 0 Å². The van der Waals surface area contributed by atoms with Crippen LogP contribution in [0.4, 0.5) is 0 Å². The number of benzene rings is 2. The topological polar surface area (TPSA) is 94.8 Å². The van der Waals surface area contributed by atoms with Crippen LogP contribution in [0.3, 0.4) is 0 Å². The predicted molar refractivity (Wildman–Crippen MR) is 116 cm³/mol. The Labute approximate surface area is 180 Å². The molecule has 0 spiro atoms. The molecule has 2 aromatic carbocycles. The quantitative estimate of drug-likeness (QED) is 0.438. The van der Waals surface area contributed by atoms with Crippen molar-refractivity contribution in [2.45, 2.75) is 39.9 Å². The Hall–Kier alpha value is -3.61. The van der Waals surface area contributed by atoms with Crippen LogP contribution in [0.2, 0.25) is 0 Å². The molecule has 1 N–H and O–H groups in total. The van der Waals surface area contributed by atoms with E-state index in [0.29, 0.717) is 23.4 Å². The number of aryl methyl sites for hydroxylation is 1. The van der Waals surface area contributed by atoms with Crippen LogP contribution in [0.25, 0.3) is 11.0 Å². The largest absolute Gasteiger partial charge is 0.489 e. The molecule has 0 aliphatic carbocycles. The van der Waals surface area contributed by atoms with Crippen molar-refractivity contribution in [1.29, 1.82) is 0 Å². The van der Waals surface area contributed by atoms with Crippen LogP contribution in [0, 0.1) is 6.92 Å². The molecule has 0 unspecified atom stereocenters. The van der Waals surface area contributed by atoms with Gasteiger partial charge >= 0.3 is 11.6 Å². The van der Waals surface area contributed by atoms with Crippen molar-refractivity contribution in [3.8, 4) is 5.75 Å². The van der Waals surface area contributed by atoms with E-state index in [1.54, 1.807) is 30.3 Å². The van der Waals surface area contributed by atoms with Gasteiger partial charge in [-0.05, 0) is 55.7 Å². The average Bonchev–Trinajstić information content (AvgIpc) is 2.75. The fraction of sp³-hybridized carbons (Fsp3) is 0.292. The van der Waals surface area contributed by atoms with Gasteiger partial charge in [-0.1, -0.05) is 19.1 Å². The Kier molecular flexibility index (Phi) is 7.07. The van der Waals surface area contributed by atoms with Gasteiger partial charge in [-0.3, -0.25) is 4.79 Å². The highest BCUT2D eigenvalue weighted by Gasteiger charge is 2.18. The van der Waals surface area contributed by atoms with E-state index in [4.69, 9.17) is 13.9 Å².